The van der Waals surface area contributed by atoms with Gasteiger partial charge in [-0.3, -0.25) is 9.59 Å². The summed E-state index contributed by atoms with van der Waals surface area (Å²) in [6, 6.07) is 0. The summed E-state index contributed by atoms with van der Waals surface area (Å²) in [5, 5.41) is 0. The van der Waals surface area contributed by atoms with Gasteiger partial charge in [0.25, 0.3) is 0 Å². The fourth-order valence-electron chi connectivity index (χ4n) is 5.37. The van der Waals surface area contributed by atoms with Gasteiger partial charge in [0.15, 0.2) is 11.6 Å². The first-order valence-electron chi connectivity index (χ1n) is 8.92. The second-order valence-electron chi connectivity index (χ2n) is 8.36. The van der Waals surface area contributed by atoms with Crippen molar-refractivity contribution >= 4 is 11.6 Å². The lowest BCUT2D eigenvalue weighted by molar-refractivity contribution is -0.115. The van der Waals surface area contributed by atoms with Crippen LogP contribution in [-0.4, -0.2) is 11.6 Å². The summed E-state index contributed by atoms with van der Waals surface area (Å²) in [5.41, 5.74) is 2.35. The predicted octanol–water partition coefficient (Wildman–Crippen LogP) is 4.81. The first-order chi connectivity index (χ1) is 10.8. The molecule has 0 spiro atoms. The standard InChI is InChI=1S/C21H28O2/c1-14-6-5-7-19-20(14,3)11-10-15(2)21(19,4)13-16-12-17(22)8-9-18(16)23/h8-9,12,15,19H,1,5-7,10-11,13H2,2-4H3/t15-,19+,20+,21+/m1/s1. The van der Waals surface area contributed by atoms with Crippen molar-refractivity contribution in [2.45, 2.75) is 59.3 Å². The van der Waals surface area contributed by atoms with Gasteiger partial charge in [0, 0.05) is 5.57 Å². The third-order valence-electron chi connectivity index (χ3n) is 7.17. The Morgan fingerprint density at radius 3 is 2.70 bits per heavy atom. The van der Waals surface area contributed by atoms with Gasteiger partial charge in [0.1, 0.15) is 0 Å². The molecule has 2 nitrogen and oxygen atoms in total. The van der Waals surface area contributed by atoms with Crippen molar-refractivity contribution in [2.75, 3.05) is 0 Å². The van der Waals surface area contributed by atoms with Crippen LogP contribution in [0.5, 0.6) is 0 Å². The van der Waals surface area contributed by atoms with Crippen LogP contribution in [0, 0.1) is 22.7 Å². The average Bonchev–Trinajstić information content (AvgIpc) is 2.50. The summed E-state index contributed by atoms with van der Waals surface area (Å²) >= 11 is 0. The van der Waals surface area contributed by atoms with Crippen LogP contribution < -0.4 is 0 Å². The Bertz CT molecular complexity index is 624. The van der Waals surface area contributed by atoms with Crippen LogP contribution in [0.3, 0.4) is 0 Å². The van der Waals surface area contributed by atoms with Gasteiger partial charge in [-0.15, -0.1) is 0 Å². The normalized spacial score (nSPS) is 40.8. The maximum absolute atomic E-state index is 12.2. The summed E-state index contributed by atoms with van der Waals surface area (Å²) in [6.07, 6.45) is 11.0. The van der Waals surface area contributed by atoms with E-state index in [9.17, 15) is 9.59 Å². The molecule has 124 valence electrons. The number of rotatable bonds is 2. The van der Waals surface area contributed by atoms with E-state index < -0.39 is 0 Å². The molecule has 0 aromatic heterocycles. The second-order valence-corrected chi connectivity index (χ2v) is 8.36. The summed E-state index contributed by atoms with van der Waals surface area (Å²) in [5.74, 6) is 1.07. The van der Waals surface area contributed by atoms with Gasteiger partial charge in [-0.05, 0) is 79.4 Å². The number of carbonyl (C=O) groups excluding carboxylic acids is 2. The Hall–Kier alpha value is -1.44. The first kappa shape index (κ1) is 16.4. The van der Waals surface area contributed by atoms with Crippen LogP contribution >= 0.6 is 0 Å². The molecule has 0 saturated heterocycles. The lowest BCUT2D eigenvalue weighted by Gasteiger charge is -2.59. The van der Waals surface area contributed by atoms with Crippen molar-refractivity contribution < 1.29 is 9.59 Å². The average molecular weight is 312 g/mol. The van der Waals surface area contributed by atoms with Gasteiger partial charge in [0.2, 0.25) is 0 Å². The van der Waals surface area contributed by atoms with E-state index >= 15 is 0 Å². The summed E-state index contributed by atoms with van der Waals surface area (Å²) < 4.78 is 0. The number of allylic oxidation sites excluding steroid dienone is 5. The summed E-state index contributed by atoms with van der Waals surface area (Å²) in [7, 11) is 0. The van der Waals surface area contributed by atoms with Crippen LogP contribution in [0.1, 0.15) is 59.3 Å². The zero-order chi connectivity index (χ0) is 16.8. The second kappa shape index (κ2) is 5.58. The van der Waals surface area contributed by atoms with Crippen LogP contribution in [0.15, 0.2) is 36.0 Å². The predicted molar refractivity (Wildman–Crippen MR) is 92.9 cm³/mol. The molecule has 2 saturated carbocycles. The fourth-order valence-corrected chi connectivity index (χ4v) is 5.37. The molecule has 3 aliphatic rings. The van der Waals surface area contributed by atoms with Crippen LogP contribution in [0.2, 0.25) is 0 Å². The Morgan fingerprint density at radius 2 is 1.96 bits per heavy atom. The van der Waals surface area contributed by atoms with E-state index in [2.05, 4.69) is 27.4 Å². The van der Waals surface area contributed by atoms with Gasteiger partial charge < -0.3 is 0 Å². The molecule has 2 fully saturated rings. The Balaban J connectivity index is 1.95. The minimum atomic E-state index is -0.0533. The first-order valence-corrected chi connectivity index (χ1v) is 8.92. The highest BCUT2D eigenvalue weighted by Crippen LogP contribution is 2.63. The van der Waals surface area contributed by atoms with E-state index in [1.54, 1.807) is 6.08 Å². The molecule has 0 amide bonds. The van der Waals surface area contributed by atoms with E-state index in [1.807, 2.05) is 0 Å². The van der Waals surface area contributed by atoms with Crippen LogP contribution in [0.4, 0.5) is 0 Å². The summed E-state index contributed by atoms with van der Waals surface area (Å²) in [4.78, 5) is 24.0. The maximum Gasteiger partial charge on any atom is 0.182 e. The number of ketones is 2. The molecule has 0 N–H and O–H groups in total. The van der Waals surface area contributed by atoms with E-state index in [-0.39, 0.29) is 22.4 Å². The lowest BCUT2D eigenvalue weighted by atomic mass is 9.46. The monoisotopic (exact) mass is 312 g/mol. The van der Waals surface area contributed by atoms with Crippen molar-refractivity contribution in [3.63, 3.8) is 0 Å². The van der Waals surface area contributed by atoms with Gasteiger partial charge in [-0.1, -0.05) is 32.9 Å². The molecule has 0 aliphatic heterocycles. The minimum absolute atomic E-state index is 0.0138. The van der Waals surface area contributed by atoms with Gasteiger partial charge in [0.05, 0.1) is 0 Å². The zero-order valence-electron chi connectivity index (χ0n) is 14.7. The number of hydrogen-bond donors (Lipinski definition) is 0. The molecule has 0 aromatic carbocycles. The Morgan fingerprint density at radius 1 is 1.22 bits per heavy atom. The minimum Gasteiger partial charge on any atom is -0.290 e. The van der Waals surface area contributed by atoms with Gasteiger partial charge >= 0.3 is 0 Å². The molecule has 3 rings (SSSR count). The molecule has 4 atom stereocenters. The van der Waals surface area contributed by atoms with E-state index in [4.69, 9.17) is 0 Å². The topological polar surface area (TPSA) is 34.1 Å². The maximum atomic E-state index is 12.2. The van der Waals surface area contributed by atoms with Crippen molar-refractivity contribution in [2.24, 2.45) is 22.7 Å². The molecule has 3 aliphatic carbocycles. The molecule has 0 heterocycles. The smallest absolute Gasteiger partial charge is 0.182 e. The lowest BCUT2D eigenvalue weighted by Crippen LogP contribution is -2.50. The van der Waals surface area contributed by atoms with E-state index in [1.165, 1.54) is 43.4 Å². The molecular formula is C21H28O2. The molecule has 2 heteroatoms. The van der Waals surface area contributed by atoms with Crippen molar-refractivity contribution in [3.05, 3.63) is 36.0 Å². The van der Waals surface area contributed by atoms with Crippen LogP contribution in [0.25, 0.3) is 0 Å². The SMILES string of the molecule is C=C1CCC[C@@H]2[C@@](C)(CC3=CC(=O)C=CC3=O)[C@H](C)CC[C@@]12C. The number of hydrogen-bond acceptors (Lipinski definition) is 2. The zero-order valence-corrected chi connectivity index (χ0v) is 14.7. The molecule has 0 unspecified atom stereocenters. The Kier molecular flexibility index (Phi) is 3.98. The fraction of sp³-hybridized carbons (Fsp3) is 0.619. The highest BCUT2D eigenvalue weighted by Gasteiger charge is 2.54. The van der Waals surface area contributed by atoms with Gasteiger partial charge in [-0.2, -0.15) is 0 Å². The third-order valence-corrected chi connectivity index (χ3v) is 7.17. The van der Waals surface area contributed by atoms with E-state index in [0.29, 0.717) is 17.4 Å². The highest BCUT2D eigenvalue weighted by atomic mass is 16.1. The molecule has 0 aromatic rings. The number of carbonyl (C=O) groups is 2. The van der Waals surface area contributed by atoms with Gasteiger partial charge in [-0.25, -0.2) is 0 Å². The Labute approximate surface area is 139 Å². The quantitative estimate of drug-likeness (QED) is 0.541. The molecule has 0 radical (unpaired) electrons. The highest BCUT2D eigenvalue weighted by molar-refractivity contribution is 6.17. The van der Waals surface area contributed by atoms with Crippen LogP contribution in [-0.2, 0) is 9.59 Å². The third kappa shape index (κ3) is 2.56. The summed E-state index contributed by atoms with van der Waals surface area (Å²) in [6.45, 7) is 11.4. The molecule has 0 bridgehead atoms. The van der Waals surface area contributed by atoms with Crippen molar-refractivity contribution in [1.82, 2.24) is 0 Å². The largest absolute Gasteiger partial charge is 0.290 e. The van der Waals surface area contributed by atoms with Crippen molar-refractivity contribution in [3.8, 4) is 0 Å². The molecule has 23 heavy (non-hydrogen) atoms. The van der Waals surface area contributed by atoms with Crippen molar-refractivity contribution in [1.29, 1.82) is 0 Å². The van der Waals surface area contributed by atoms with E-state index in [0.717, 1.165) is 12.8 Å². The number of fused-ring (bicyclic) bond motifs is 1. The molecular weight excluding hydrogens is 284 g/mol.